The summed E-state index contributed by atoms with van der Waals surface area (Å²) in [5.41, 5.74) is 9.18. The molecule has 0 atom stereocenters. The zero-order valence-electron chi connectivity index (χ0n) is 11.3. The fourth-order valence-corrected chi connectivity index (χ4v) is 3.53. The molecule has 2 nitrogen and oxygen atoms in total. The van der Waals surface area contributed by atoms with Gasteiger partial charge in [0.15, 0.2) is 0 Å². The van der Waals surface area contributed by atoms with Crippen molar-refractivity contribution in [2.45, 2.75) is 20.0 Å². The van der Waals surface area contributed by atoms with Gasteiger partial charge in [0.05, 0.1) is 8.95 Å². The highest BCUT2D eigenvalue weighted by Gasteiger charge is 2.09. The molecule has 2 rings (SSSR count). The van der Waals surface area contributed by atoms with Crippen molar-refractivity contribution >= 4 is 31.9 Å². The second kappa shape index (κ2) is 7.25. The van der Waals surface area contributed by atoms with E-state index in [-0.39, 0.29) is 0 Å². The maximum atomic E-state index is 5.92. The first kappa shape index (κ1) is 15.5. The van der Waals surface area contributed by atoms with Crippen LogP contribution >= 0.6 is 31.9 Å². The molecule has 0 saturated carbocycles. The molecule has 0 aromatic heterocycles. The van der Waals surface area contributed by atoms with E-state index < -0.39 is 0 Å². The molecule has 0 aliphatic heterocycles. The zero-order valence-corrected chi connectivity index (χ0v) is 14.5. The summed E-state index contributed by atoms with van der Waals surface area (Å²) in [7, 11) is 0. The lowest BCUT2D eigenvalue weighted by Gasteiger charge is -2.12. The first-order valence-electron chi connectivity index (χ1n) is 6.46. The highest BCUT2D eigenvalue weighted by atomic mass is 79.9. The summed E-state index contributed by atoms with van der Waals surface area (Å²) in [6.45, 7) is 3.27. The van der Waals surface area contributed by atoms with Crippen LogP contribution in [0.3, 0.4) is 0 Å². The summed E-state index contributed by atoms with van der Waals surface area (Å²) >= 11 is 7.12. The van der Waals surface area contributed by atoms with Crippen molar-refractivity contribution in [1.82, 2.24) is 0 Å². The third-order valence-corrected chi connectivity index (χ3v) is 4.13. The minimum atomic E-state index is 0.551. The number of halogens is 2. The Labute approximate surface area is 136 Å². The van der Waals surface area contributed by atoms with E-state index in [1.54, 1.807) is 0 Å². The number of nitrogens with two attached hydrogens (primary N) is 1. The van der Waals surface area contributed by atoms with Gasteiger partial charge in [-0.25, -0.2) is 0 Å². The molecule has 4 heteroatoms. The number of hydrogen-bond donors (Lipinski definition) is 1. The normalized spacial score (nSPS) is 10.6. The molecule has 0 aliphatic carbocycles. The molecular weight excluding hydrogens is 382 g/mol. The van der Waals surface area contributed by atoms with E-state index in [1.165, 1.54) is 11.1 Å². The number of rotatable bonds is 5. The Morgan fingerprint density at radius 2 is 1.75 bits per heavy atom. The zero-order chi connectivity index (χ0) is 14.5. The molecule has 0 heterocycles. The Hall–Kier alpha value is -0.840. The first-order chi connectivity index (χ1) is 9.60. The van der Waals surface area contributed by atoms with Gasteiger partial charge in [0, 0.05) is 0 Å². The molecule has 0 radical (unpaired) electrons. The Kier molecular flexibility index (Phi) is 5.64. The lowest BCUT2D eigenvalue weighted by molar-refractivity contribution is 0.302. The SMILES string of the molecule is Cc1cccc(COc2c(Br)cc(CCN)cc2Br)c1. The lowest BCUT2D eigenvalue weighted by atomic mass is 10.1. The predicted octanol–water partition coefficient (Wildman–Crippen LogP) is 4.60. The quantitative estimate of drug-likeness (QED) is 0.798. The van der Waals surface area contributed by atoms with Gasteiger partial charge >= 0.3 is 0 Å². The van der Waals surface area contributed by atoms with Gasteiger partial charge in [-0.05, 0) is 75.0 Å². The highest BCUT2D eigenvalue weighted by molar-refractivity contribution is 9.11. The summed E-state index contributed by atoms with van der Waals surface area (Å²) in [6.07, 6.45) is 0.857. The largest absolute Gasteiger partial charge is 0.487 e. The van der Waals surface area contributed by atoms with Crippen LogP contribution in [0.25, 0.3) is 0 Å². The number of benzene rings is 2. The summed E-state index contributed by atoms with van der Waals surface area (Å²) in [6, 6.07) is 12.4. The van der Waals surface area contributed by atoms with Gasteiger partial charge in [0.1, 0.15) is 12.4 Å². The van der Waals surface area contributed by atoms with Crippen LogP contribution in [0.15, 0.2) is 45.3 Å². The van der Waals surface area contributed by atoms with Crippen LogP contribution in [0, 0.1) is 6.92 Å². The average molecular weight is 399 g/mol. The molecule has 0 aliphatic rings. The van der Waals surface area contributed by atoms with E-state index in [1.807, 2.05) is 6.07 Å². The third kappa shape index (κ3) is 4.08. The van der Waals surface area contributed by atoms with Crippen molar-refractivity contribution in [3.8, 4) is 5.75 Å². The Bertz CT molecular complexity index is 576. The number of aryl methyl sites for hydroxylation is 1. The average Bonchev–Trinajstić information content (AvgIpc) is 2.38. The first-order valence-corrected chi connectivity index (χ1v) is 8.05. The van der Waals surface area contributed by atoms with Crippen LogP contribution in [0.1, 0.15) is 16.7 Å². The molecule has 2 aromatic rings. The van der Waals surface area contributed by atoms with E-state index in [9.17, 15) is 0 Å². The number of ether oxygens (including phenoxy) is 1. The second-order valence-corrected chi connectivity index (χ2v) is 6.41. The van der Waals surface area contributed by atoms with Gasteiger partial charge in [-0.2, -0.15) is 0 Å². The van der Waals surface area contributed by atoms with Gasteiger partial charge in [-0.3, -0.25) is 0 Å². The van der Waals surface area contributed by atoms with E-state index >= 15 is 0 Å². The van der Waals surface area contributed by atoms with Crippen LogP contribution in [0.4, 0.5) is 0 Å². The Morgan fingerprint density at radius 1 is 1.05 bits per heavy atom. The predicted molar refractivity (Wildman–Crippen MR) is 90.1 cm³/mol. The van der Waals surface area contributed by atoms with Crippen molar-refractivity contribution in [2.75, 3.05) is 6.54 Å². The smallest absolute Gasteiger partial charge is 0.148 e. The standard InChI is InChI=1S/C16H17Br2NO/c1-11-3-2-4-13(7-11)10-20-16-14(17)8-12(5-6-19)9-15(16)18/h2-4,7-9H,5-6,10,19H2,1H3. The summed E-state index contributed by atoms with van der Waals surface area (Å²) in [5.74, 6) is 0.826. The Balaban J connectivity index is 2.13. The van der Waals surface area contributed by atoms with E-state index in [2.05, 4.69) is 69.1 Å². The maximum Gasteiger partial charge on any atom is 0.148 e. The molecule has 0 unspecified atom stereocenters. The van der Waals surface area contributed by atoms with Crippen LogP contribution in [-0.2, 0) is 13.0 Å². The van der Waals surface area contributed by atoms with E-state index in [0.29, 0.717) is 13.2 Å². The summed E-state index contributed by atoms with van der Waals surface area (Å²) < 4.78 is 7.81. The molecule has 0 saturated heterocycles. The van der Waals surface area contributed by atoms with E-state index in [0.717, 1.165) is 26.7 Å². The Morgan fingerprint density at radius 3 is 2.35 bits per heavy atom. The number of hydrogen-bond acceptors (Lipinski definition) is 2. The molecular formula is C16H17Br2NO. The second-order valence-electron chi connectivity index (χ2n) is 4.70. The molecule has 0 amide bonds. The minimum Gasteiger partial charge on any atom is -0.487 e. The van der Waals surface area contributed by atoms with Crippen LogP contribution in [0.5, 0.6) is 5.75 Å². The van der Waals surface area contributed by atoms with Crippen LogP contribution in [-0.4, -0.2) is 6.54 Å². The highest BCUT2D eigenvalue weighted by Crippen LogP contribution is 2.35. The molecule has 2 N–H and O–H groups in total. The van der Waals surface area contributed by atoms with Gasteiger partial charge in [-0.15, -0.1) is 0 Å². The molecule has 2 aromatic carbocycles. The van der Waals surface area contributed by atoms with Crippen molar-refractivity contribution in [1.29, 1.82) is 0 Å². The van der Waals surface area contributed by atoms with Crippen molar-refractivity contribution in [3.63, 3.8) is 0 Å². The van der Waals surface area contributed by atoms with Gasteiger partial charge in [0.2, 0.25) is 0 Å². The molecule has 0 fully saturated rings. The fourth-order valence-electron chi connectivity index (χ4n) is 2.02. The summed E-state index contributed by atoms with van der Waals surface area (Å²) in [5, 5.41) is 0. The van der Waals surface area contributed by atoms with Gasteiger partial charge in [-0.1, -0.05) is 29.8 Å². The molecule has 106 valence electrons. The van der Waals surface area contributed by atoms with Crippen molar-refractivity contribution < 1.29 is 4.74 Å². The van der Waals surface area contributed by atoms with Crippen molar-refractivity contribution in [3.05, 3.63) is 62.0 Å². The molecule has 20 heavy (non-hydrogen) atoms. The molecule has 0 spiro atoms. The lowest BCUT2D eigenvalue weighted by Crippen LogP contribution is -2.03. The topological polar surface area (TPSA) is 35.2 Å². The summed E-state index contributed by atoms with van der Waals surface area (Å²) in [4.78, 5) is 0. The third-order valence-electron chi connectivity index (χ3n) is 2.96. The van der Waals surface area contributed by atoms with Gasteiger partial charge < -0.3 is 10.5 Å². The fraction of sp³-hybridized carbons (Fsp3) is 0.250. The van der Waals surface area contributed by atoms with Crippen LogP contribution in [0.2, 0.25) is 0 Å². The maximum absolute atomic E-state index is 5.92. The van der Waals surface area contributed by atoms with Crippen LogP contribution < -0.4 is 10.5 Å². The van der Waals surface area contributed by atoms with Crippen molar-refractivity contribution in [2.24, 2.45) is 5.73 Å². The minimum absolute atomic E-state index is 0.551. The molecule has 0 bridgehead atoms. The monoisotopic (exact) mass is 397 g/mol. The van der Waals surface area contributed by atoms with E-state index in [4.69, 9.17) is 10.5 Å². The van der Waals surface area contributed by atoms with Gasteiger partial charge in [0.25, 0.3) is 0 Å².